The smallest absolute Gasteiger partial charge is 0.303 e. The van der Waals surface area contributed by atoms with Crippen LogP contribution < -0.4 is 0 Å². The van der Waals surface area contributed by atoms with Gasteiger partial charge < -0.3 is 14.7 Å². The Kier molecular flexibility index (Phi) is 9.45. The van der Waals surface area contributed by atoms with Gasteiger partial charge in [-0.2, -0.15) is 0 Å². The van der Waals surface area contributed by atoms with Crippen molar-refractivity contribution in [1.82, 2.24) is 0 Å². The molecule has 0 aromatic rings. The summed E-state index contributed by atoms with van der Waals surface area (Å²) >= 11 is 1.47. The molecule has 0 bridgehead atoms. The minimum absolute atomic E-state index is 1.38. The van der Waals surface area contributed by atoms with Gasteiger partial charge in [0.1, 0.15) is 0 Å². The molecule has 53 valence electrons. The van der Waals surface area contributed by atoms with Crippen LogP contribution in [0.25, 0.3) is 0 Å². The molecule has 0 saturated heterocycles. The van der Waals surface area contributed by atoms with Gasteiger partial charge in [0.2, 0.25) is 0 Å². The quantitative estimate of drug-likeness (QED) is 0.430. The first-order chi connectivity index (χ1) is 3.91. The topological polar surface area (TPSA) is 77.8 Å². The van der Waals surface area contributed by atoms with Crippen LogP contribution in [0.4, 0.5) is 0 Å². The zero-order valence-electron chi connectivity index (χ0n) is 5.32. The van der Waals surface area contributed by atoms with Crippen molar-refractivity contribution < 1.29 is 37.5 Å². The van der Waals surface area contributed by atoms with E-state index in [9.17, 15) is 0 Å². The molecule has 0 rings (SSSR count). The van der Waals surface area contributed by atoms with Crippen molar-refractivity contribution in [3.8, 4) is 0 Å². The Morgan fingerprint density at radius 2 is 1.56 bits per heavy atom. The van der Waals surface area contributed by atoms with E-state index in [1.807, 2.05) is 0 Å². The fourth-order valence-corrected chi connectivity index (χ4v) is 0. The molecule has 3 N–H and O–H groups in total. The zero-order chi connectivity index (χ0) is 7.91. The molecule has 0 atom stereocenters. The molecule has 0 aliphatic heterocycles. The predicted octanol–water partition coefficient (Wildman–Crippen LogP) is 0.433. The van der Waals surface area contributed by atoms with Crippen LogP contribution in [0, 0.1) is 0 Å². The average molecular weight is 206 g/mol. The van der Waals surface area contributed by atoms with Crippen molar-refractivity contribution >= 4 is 7.82 Å². The van der Waals surface area contributed by atoms with Gasteiger partial charge in [-0.3, -0.25) is 0 Å². The monoisotopic (exact) mass is 205 g/mol. The summed E-state index contributed by atoms with van der Waals surface area (Å²) in [6.07, 6.45) is 1.38. The van der Waals surface area contributed by atoms with E-state index in [1.165, 1.54) is 29.7 Å². The molecule has 0 aromatic heterocycles. The largest absolute Gasteiger partial charge is 0.466 e. The molecule has 6 heteroatoms. The third-order valence-electron chi connectivity index (χ3n) is 0.354. The summed E-state index contributed by atoms with van der Waals surface area (Å²) in [5.41, 5.74) is 0. The van der Waals surface area contributed by atoms with Gasteiger partial charge in [0, 0.05) is 0 Å². The minimum atomic E-state index is -4.64. The number of phosphoric acid groups is 1. The molecular weight excluding hydrogens is 196 g/mol. The van der Waals surface area contributed by atoms with Gasteiger partial charge in [-0.25, -0.2) is 4.57 Å². The van der Waals surface area contributed by atoms with E-state index < -0.39 is 7.82 Å². The summed E-state index contributed by atoms with van der Waals surface area (Å²) in [5.74, 6) is 0. The molecule has 0 fully saturated rings. The number of hydrogen-bond acceptors (Lipinski definition) is 1. The van der Waals surface area contributed by atoms with Gasteiger partial charge in [-0.15, -0.1) is 0 Å². The molecule has 0 spiro atoms. The molecule has 0 aliphatic carbocycles. The summed E-state index contributed by atoms with van der Waals surface area (Å²) in [6, 6.07) is 0. The second-order valence-corrected chi connectivity index (χ2v) is 3.88. The van der Waals surface area contributed by atoms with Crippen LogP contribution in [0.2, 0.25) is 5.02 Å². The van der Waals surface area contributed by atoms with Crippen molar-refractivity contribution in [2.75, 3.05) is 0 Å². The van der Waals surface area contributed by atoms with Crippen LogP contribution in [0.5, 0.6) is 0 Å². The molecule has 0 amide bonds. The predicted molar refractivity (Wildman–Crippen MR) is 29.4 cm³/mol. The minimum Gasteiger partial charge on any atom is -0.303 e. The van der Waals surface area contributed by atoms with Crippen LogP contribution in [0.3, 0.4) is 0 Å². The Morgan fingerprint density at radius 3 is 1.56 bits per heavy atom. The Balaban J connectivity index is 0. The van der Waals surface area contributed by atoms with Crippen molar-refractivity contribution in [2.45, 2.75) is 18.4 Å². The molecule has 0 heterocycles. The van der Waals surface area contributed by atoms with Crippen molar-refractivity contribution in [3.63, 3.8) is 0 Å². The van der Waals surface area contributed by atoms with Crippen LogP contribution in [0.1, 0.15) is 13.3 Å². The Hall–Kier alpha value is 0.733. The summed E-state index contributed by atoms with van der Waals surface area (Å²) < 4.78 is 8.88. The SMILES string of the molecule is CC[CH2][Zn].O=P(O)(O)O. The Labute approximate surface area is 64.2 Å². The van der Waals surface area contributed by atoms with E-state index in [2.05, 4.69) is 6.92 Å². The van der Waals surface area contributed by atoms with Crippen molar-refractivity contribution in [1.29, 1.82) is 0 Å². The number of rotatable bonds is 1. The van der Waals surface area contributed by atoms with E-state index in [1.54, 1.807) is 0 Å². The van der Waals surface area contributed by atoms with Crippen LogP contribution in [-0.4, -0.2) is 14.7 Å². The van der Waals surface area contributed by atoms with E-state index in [-0.39, 0.29) is 0 Å². The third-order valence-corrected chi connectivity index (χ3v) is 1.84. The second kappa shape index (κ2) is 6.85. The molecule has 0 radical (unpaired) electrons. The summed E-state index contributed by atoms with van der Waals surface area (Å²) in [7, 11) is -4.64. The summed E-state index contributed by atoms with van der Waals surface area (Å²) in [5, 5.41) is 1.44. The Bertz CT molecular complexity index is 79.5. The van der Waals surface area contributed by atoms with E-state index in [0.29, 0.717) is 0 Å². The Morgan fingerprint density at radius 1 is 1.44 bits per heavy atom. The van der Waals surface area contributed by atoms with Crippen LogP contribution in [-0.2, 0) is 22.9 Å². The maximum Gasteiger partial charge on any atom is 0.466 e. The first-order valence-electron chi connectivity index (χ1n) is 2.49. The molecule has 0 saturated carbocycles. The van der Waals surface area contributed by atoms with Gasteiger partial charge in [0.15, 0.2) is 0 Å². The average Bonchev–Trinajstić information content (AvgIpc) is 1.61. The van der Waals surface area contributed by atoms with Crippen molar-refractivity contribution in [3.05, 3.63) is 0 Å². The standard InChI is InChI=1S/C3H7.H3O4P.Zn/c1-3-2;1-5(2,3)4;/h1,3H2,2H3;(H3,1,2,3,4);. The van der Waals surface area contributed by atoms with Crippen LogP contribution in [0.15, 0.2) is 0 Å². The molecular formula is C3H10O4PZn. The van der Waals surface area contributed by atoms with Crippen molar-refractivity contribution in [2.24, 2.45) is 0 Å². The van der Waals surface area contributed by atoms with E-state index in [4.69, 9.17) is 19.2 Å². The zero-order valence-corrected chi connectivity index (χ0v) is 9.18. The molecule has 0 aliphatic rings. The summed E-state index contributed by atoms with van der Waals surface area (Å²) in [6.45, 7) is 2.21. The molecule has 0 aromatic carbocycles. The van der Waals surface area contributed by atoms with Gasteiger partial charge >= 0.3 is 44.5 Å². The maximum atomic E-state index is 8.88. The van der Waals surface area contributed by atoms with Gasteiger partial charge in [0.25, 0.3) is 0 Å². The number of hydrogen-bond donors (Lipinski definition) is 3. The normalized spacial score (nSPS) is 10.0. The van der Waals surface area contributed by atoms with Gasteiger partial charge in [-0.05, 0) is 0 Å². The van der Waals surface area contributed by atoms with E-state index in [0.717, 1.165) is 0 Å². The fourth-order valence-electron chi connectivity index (χ4n) is 0. The molecule has 0 unspecified atom stereocenters. The van der Waals surface area contributed by atoms with E-state index >= 15 is 0 Å². The van der Waals surface area contributed by atoms with Crippen LogP contribution >= 0.6 is 7.82 Å². The summed E-state index contributed by atoms with van der Waals surface area (Å²) in [4.78, 5) is 21.6. The fraction of sp³-hybridized carbons (Fsp3) is 1.00. The maximum absolute atomic E-state index is 8.88. The molecule has 9 heavy (non-hydrogen) atoms. The van der Waals surface area contributed by atoms with Gasteiger partial charge in [-0.1, -0.05) is 0 Å². The first kappa shape index (κ1) is 12.4. The first-order valence-corrected chi connectivity index (χ1v) is 6.15. The van der Waals surface area contributed by atoms with Gasteiger partial charge in [0.05, 0.1) is 0 Å². The second-order valence-electron chi connectivity index (χ2n) is 1.37. The third kappa shape index (κ3) is 132. The molecule has 4 nitrogen and oxygen atoms in total.